The number of carbonyl (C=O) groups excluding carboxylic acids is 1. The zero-order valence-electron chi connectivity index (χ0n) is 10.9. The standard InChI is InChI=1S/C17H16O2/c1-3-16(19-13(2)18)12-11-15-9-6-8-14-7-4-5-10-17(14)15/h3-12,16H,1H2,2H3/b12-11+. The van der Waals surface area contributed by atoms with E-state index in [-0.39, 0.29) is 5.97 Å². The minimum atomic E-state index is -0.392. The molecule has 1 atom stereocenters. The summed E-state index contributed by atoms with van der Waals surface area (Å²) in [5, 5.41) is 2.36. The summed E-state index contributed by atoms with van der Waals surface area (Å²) in [6.07, 6.45) is 4.99. The van der Waals surface area contributed by atoms with E-state index in [0.29, 0.717) is 0 Å². The maximum absolute atomic E-state index is 10.9. The molecule has 19 heavy (non-hydrogen) atoms. The van der Waals surface area contributed by atoms with E-state index in [1.54, 1.807) is 6.08 Å². The SMILES string of the molecule is C=CC(/C=C/c1cccc2ccccc12)OC(C)=O. The fourth-order valence-corrected chi connectivity index (χ4v) is 1.95. The molecule has 0 bridgehead atoms. The Labute approximate surface area is 113 Å². The largest absolute Gasteiger partial charge is 0.454 e. The number of benzene rings is 2. The topological polar surface area (TPSA) is 26.3 Å². The molecule has 2 rings (SSSR count). The molecule has 2 aromatic rings. The van der Waals surface area contributed by atoms with Gasteiger partial charge in [-0.2, -0.15) is 0 Å². The van der Waals surface area contributed by atoms with Gasteiger partial charge in [0.25, 0.3) is 0 Å². The van der Waals surface area contributed by atoms with Gasteiger partial charge >= 0.3 is 5.97 Å². The number of fused-ring (bicyclic) bond motifs is 1. The molecule has 1 unspecified atom stereocenters. The number of hydrogen-bond donors (Lipinski definition) is 0. The van der Waals surface area contributed by atoms with Gasteiger partial charge in [-0.25, -0.2) is 0 Å². The number of hydrogen-bond acceptors (Lipinski definition) is 2. The molecule has 0 aromatic heterocycles. The van der Waals surface area contributed by atoms with Gasteiger partial charge in [0.1, 0.15) is 6.10 Å². The van der Waals surface area contributed by atoms with Gasteiger partial charge in [-0.15, -0.1) is 0 Å². The first-order valence-corrected chi connectivity index (χ1v) is 6.16. The molecule has 0 radical (unpaired) electrons. The molecule has 0 N–H and O–H groups in total. The van der Waals surface area contributed by atoms with Crippen LogP contribution in [-0.4, -0.2) is 12.1 Å². The lowest BCUT2D eigenvalue weighted by atomic mass is 10.0. The van der Waals surface area contributed by atoms with Gasteiger partial charge in [0.05, 0.1) is 0 Å². The fraction of sp³-hybridized carbons (Fsp3) is 0.118. The molecule has 2 nitrogen and oxygen atoms in total. The first-order valence-electron chi connectivity index (χ1n) is 6.16. The quantitative estimate of drug-likeness (QED) is 0.608. The zero-order valence-corrected chi connectivity index (χ0v) is 10.9. The molecule has 2 aromatic carbocycles. The summed E-state index contributed by atoms with van der Waals surface area (Å²) in [5.41, 5.74) is 1.09. The number of ether oxygens (including phenoxy) is 1. The molecule has 96 valence electrons. The van der Waals surface area contributed by atoms with E-state index in [1.807, 2.05) is 36.4 Å². The van der Waals surface area contributed by atoms with Crippen LogP contribution in [-0.2, 0) is 9.53 Å². The summed E-state index contributed by atoms with van der Waals surface area (Å²) < 4.78 is 5.09. The van der Waals surface area contributed by atoms with Gasteiger partial charge in [-0.1, -0.05) is 55.1 Å². The lowest BCUT2D eigenvalue weighted by Crippen LogP contribution is -2.09. The normalized spacial score (nSPS) is 12.5. The highest BCUT2D eigenvalue weighted by Crippen LogP contribution is 2.20. The molecular formula is C17H16O2. The lowest BCUT2D eigenvalue weighted by Gasteiger charge is -2.08. The van der Waals surface area contributed by atoms with Gasteiger partial charge in [0, 0.05) is 6.92 Å². The van der Waals surface area contributed by atoms with Crippen molar-refractivity contribution in [2.24, 2.45) is 0 Å². The second kappa shape index (κ2) is 6.01. The molecule has 0 fully saturated rings. The third kappa shape index (κ3) is 3.32. The van der Waals surface area contributed by atoms with E-state index in [9.17, 15) is 4.79 Å². The van der Waals surface area contributed by atoms with Crippen molar-refractivity contribution in [3.05, 3.63) is 66.8 Å². The Morgan fingerprint density at radius 2 is 1.95 bits per heavy atom. The fourth-order valence-electron chi connectivity index (χ4n) is 1.95. The molecule has 0 heterocycles. The highest BCUT2D eigenvalue weighted by molar-refractivity contribution is 5.90. The van der Waals surface area contributed by atoms with Gasteiger partial charge < -0.3 is 4.74 Å². The van der Waals surface area contributed by atoms with Gasteiger partial charge in [-0.05, 0) is 28.5 Å². The van der Waals surface area contributed by atoms with Gasteiger partial charge in [0.15, 0.2) is 0 Å². The van der Waals surface area contributed by atoms with Crippen molar-refractivity contribution in [2.45, 2.75) is 13.0 Å². The predicted octanol–water partition coefficient (Wildman–Crippen LogP) is 3.97. The Bertz CT molecular complexity index is 621. The third-order valence-corrected chi connectivity index (χ3v) is 2.82. The summed E-state index contributed by atoms with van der Waals surface area (Å²) >= 11 is 0. The van der Waals surface area contributed by atoms with Crippen LogP contribution < -0.4 is 0 Å². The summed E-state index contributed by atoms with van der Waals surface area (Å²) in [6.45, 7) is 5.05. The first-order chi connectivity index (χ1) is 9.20. The Hall–Kier alpha value is -2.35. The highest BCUT2D eigenvalue weighted by atomic mass is 16.5. The average Bonchev–Trinajstić information content (AvgIpc) is 2.43. The second-order valence-electron chi connectivity index (χ2n) is 4.24. The van der Waals surface area contributed by atoms with E-state index in [2.05, 4.69) is 24.8 Å². The Balaban J connectivity index is 2.30. The maximum Gasteiger partial charge on any atom is 0.303 e. The van der Waals surface area contributed by atoms with Crippen LogP contribution in [0.2, 0.25) is 0 Å². The molecular weight excluding hydrogens is 236 g/mol. The molecule has 0 aliphatic rings. The Kier molecular flexibility index (Phi) is 4.14. The summed E-state index contributed by atoms with van der Waals surface area (Å²) in [7, 11) is 0. The van der Waals surface area contributed by atoms with Crippen molar-refractivity contribution >= 4 is 22.8 Å². The Morgan fingerprint density at radius 1 is 1.21 bits per heavy atom. The molecule has 2 heteroatoms. The van der Waals surface area contributed by atoms with Crippen LogP contribution in [0.4, 0.5) is 0 Å². The molecule has 0 aliphatic carbocycles. The highest BCUT2D eigenvalue weighted by Gasteiger charge is 2.03. The van der Waals surface area contributed by atoms with Crippen molar-refractivity contribution in [3.63, 3.8) is 0 Å². The minimum absolute atomic E-state index is 0.313. The zero-order chi connectivity index (χ0) is 13.7. The van der Waals surface area contributed by atoms with Crippen LogP contribution in [0.25, 0.3) is 16.8 Å². The van der Waals surface area contributed by atoms with Crippen LogP contribution in [0.3, 0.4) is 0 Å². The van der Waals surface area contributed by atoms with Gasteiger partial charge in [-0.3, -0.25) is 4.79 Å². The Morgan fingerprint density at radius 3 is 2.68 bits per heavy atom. The van der Waals surface area contributed by atoms with Crippen LogP contribution in [0.1, 0.15) is 12.5 Å². The molecule has 0 aliphatic heterocycles. The van der Waals surface area contributed by atoms with Crippen LogP contribution >= 0.6 is 0 Å². The number of carbonyl (C=O) groups is 1. The van der Waals surface area contributed by atoms with Crippen molar-refractivity contribution in [2.75, 3.05) is 0 Å². The number of rotatable bonds is 4. The minimum Gasteiger partial charge on any atom is -0.454 e. The summed E-state index contributed by atoms with van der Waals surface area (Å²) in [6, 6.07) is 14.3. The second-order valence-corrected chi connectivity index (χ2v) is 4.24. The van der Waals surface area contributed by atoms with E-state index in [1.165, 1.54) is 17.7 Å². The van der Waals surface area contributed by atoms with E-state index in [4.69, 9.17) is 4.74 Å². The van der Waals surface area contributed by atoms with Gasteiger partial charge in [0.2, 0.25) is 0 Å². The van der Waals surface area contributed by atoms with Crippen LogP contribution in [0.15, 0.2) is 61.2 Å². The van der Waals surface area contributed by atoms with Crippen molar-refractivity contribution in [1.29, 1.82) is 0 Å². The van der Waals surface area contributed by atoms with Crippen molar-refractivity contribution in [3.8, 4) is 0 Å². The monoisotopic (exact) mass is 252 g/mol. The third-order valence-electron chi connectivity index (χ3n) is 2.82. The van der Waals surface area contributed by atoms with Crippen molar-refractivity contribution < 1.29 is 9.53 Å². The smallest absolute Gasteiger partial charge is 0.303 e. The van der Waals surface area contributed by atoms with E-state index in [0.717, 1.165) is 5.56 Å². The molecule has 0 amide bonds. The van der Waals surface area contributed by atoms with Crippen LogP contribution in [0, 0.1) is 0 Å². The summed E-state index contributed by atoms with van der Waals surface area (Å²) in [5.74, 6) is -0.313. The molecule has 0 saturated heterocycles. The average molecular weight is 252 g/mol. The predicted molar refractivity (Wildman–Crippen MR) is 78.7 cm³/mol. The summed E-state index contributed by atoms with van der Waals surface area (Å²) in [4.78, 5) is 10.9. The first kappa shape index (κ1) is 13.1. The number of esters is 1. The molecule has 0 spiro atoms. The maximum atomic E-state index is 10.9. The van der Waals surface area contributed by atoms with E-state index >= 15 is 0 Å². The lowest BCUT2D eigenvalue weighted by molar-refractivity contribution is -0.142. The van der Waals surface area contributed by atoms with Crippen molar-refractivity contribution in [1.82, 2.24) is 0 Å². The van der Waals surface area contributed by atoms with E-state index < -0.39 is 6.10 Å². The molecule has 0 saturated carbocycles. The van der Waals surface area contributed by atoms with Crippen LogP contribution in [0.5, 0.6) is 0 Å².